The van der Waals surface area contributed by atoms with E-state index in [0.717, 1.165) is 12.1 Å². The number of rotatable bonds is 7. The second kappa shape index (κ2) is 10.7. The van der Waals surface area contributed by atoms with Crippen molar-refractivity contribution in [1.29, 1.82) is 0 Å². The average Bonchev–Trinajstić information content (AvgIpc) is 2.83. The second-order valence-corrected chi connectivity index (χ2v) is 11.5. The maximum Gasteiger partial charge on any atom is 0.251 e. The molecule has 10 heteroatoms. The van der Waals surface area contributed by atoms with Gasteiger partial charge in [-0.25, -0.2) is 17.2 Å². The number of benzene rings is 2. The van der Waals surface area contributed by atoms with E-state index in [9.17, 15) is 13.2 Å². The molecule has 2 aromatic rings. The molecule has 2 saturated heterocycles. The topological polar surface area (TPSA) is 108 Å². The van der Waals surface area contributed by atoms with Gasteiger partial charge in [-0.3, -0.25) is 4.79 Å². The number of amides is 1. The van der Waals surface area contributed by atoms with E-state index in [1.54, 1.807) is 37.3 Å². The molecule has 2 aromatic carbocycles. The van der Waals surface area contributed by atoms with Gasteiger partial charge in [-0.2, -0.15) is 0 Å². The first kappa shape index (κ1) is 25.7. The number of primary amides is 1. The number of ether oxygens (including phenoxy) is 2. The SMILES string of the molecule is C[C@@H]1NC[C@@H](c2ccccc2)S(=O)(=O)C1Cc1cc(F)c([C@@H](OC2CCOCC2)C(N)=O)cc1F. The maximum atomic E-state index is 15.2. The minimum Gasteiger partial charge on any atom is -0.381 e. The Labute approximate surface area is 203 Å². The summed E-state index contributed by atoms with van der Waals surface area (Å²) >= 11 is 0. The van der Waals surface area contributed by atoms with E-state index < -0.39 is 50.0 Å². The summed E-state index contributed by atoms with van der Waals surface area (Å²) in [6, 6.07) is 10.2. The Morgan fingerprint density at radius 3 is 2.51 bits per heavy atom. The molecule has 2 aliphatic rings. The fourth-order valence-electron chi connectivity index (χ4n) is 4.78. The molecule has 0 spiro atoms. The highest BCUT2D eigenvalue weighted by Crippen LogP contribution is 2.34. The van der Waals surface area contributed by atoms with Gasteiger partial charge in [0.25, 0.3) is 5.91 Å². The lowest BCUT2D eigenvalue weighted by Gasteiger charge is -2.35. The van der Waals surface area contributed by atoms with Crippen molar-refractivity contribution in [2.75, 3.05) is 19.8 Å². The third-order valence-electron chi connectivity index (χ3n) is 6.80. The number of hydrogen-bond acceptors (Lipinski definition) is 6. The Balaban J connectivity index is 1.59. The summed E-state index contributed by atoms with van der Waals surface area (Å²) in [7, 11) is -3.72. The highest BCUT2D eigenvalue weighted by molar-refractivity contribution is 7.92. The molecular weight excluding hydrogens is 478 g/mol. The second-order valence-electron chi connectivity index (χ2n) is 9.12. The first-order valence-corrected chi connectivity index (χ1v) is 13.3. The van der Waals surface area contributed by atoms with E-state index in [0.29, 0.717) is 31.6 Å². The zero-order valence-corrected chi connectivity index (χ0v) is 20.3. The molecule has 4 atom stereocenters. The van der Waals surface area contributed by atoms with Crippen LogP contribution in [0, 0.1) is 11.6 Å². The van der Waals surface area contributed by atoms with Crippen LogP contribution in [-0.2, 0) is 30.5 Å². The maximum absolute atomic E-state index is 15.2. The molecular formula is C25H30F2N2O5S. The highest BCUT2D eigenvalue weighted by atomic mass is 32.2. The van der Waals surface area contributed by atoms with Crippen molar-refractivity contribution < 1.29 is 31.5 Å². The minimum absolute atomic E-state index is 0.0866. The van der Waals surface area contributed by atoms with Gasteiger partial charge in [-0.05, 0) is 49.4 Å². The lowest BCUT2D eigenvalue weighted by Crippen LogP contribution is -2.53. The summed E-state index contributed by atoms with van der Waals surface area (Å²) in [5.74, 6) is -2.61. The summed E-state index contributed by atoms with van der Waals surface area (Å²) in [6.45, 7) is 2.84. The van der Waals surface area contributed by atoms with Crippen LogP contribution >= 0.6 is 0 Å². The molecule has 7 nitrogen and oxygen atoms in total. The molecule has 0 bridgehead atoms. The molecule has 0 saturated carbocycles. The number of carbonyl (C=O) groups is 1. The van der Waals surface area contributed by atoms with Gasteiger partial charge in [0.1, 0.15) is 11.6 Å². The number of nitrogens with two attached hydrogens (primary N) is 1. The molecule has 0 aromatic heterocycles. The molecule has 0 aliphatic carbocycles. The largest absolute Gasteiger partial charge is 0.381 e. The standard InChI is InChI=1S/C25H30F2N2O5S/c1-15-22(35(31,32)23(14-29-15)16-5-3-2-4-6-16)12-17-11-21(27)19(13-20(17)26)24(25(28)30)34-18-7-9-33-10-8-18/h2-6,11,13,15,18,22-24,29H,7-10,12,14H2,1H3,(H2,28,30)/t15-,22?,23-,24+/m0/s1. The predicted molar refractivity (Wildman–Crippen MR) is 126 cm³/mol. The zero-order chi connectivity index (χ0) is 25.2. The number of halogens is 2. The van der Waals surface area contributed by atoms with Crippen molar-refractivity contribution in [3.63, 3.8) is 0 Å². The number of sulfone groups is 1. The van der Waals surface area contributed by atoms with E-state index >= 15 is 8.78 Å². The Hall–Kier alpha value is -2.40. The summed E-state index contributed by atoms with van der Waals surface area (Å²) in [5.41, 5.74) is 5.70. The third kappa shape index (κ3) is 5.55. The highest BCUT2D eigenvalue weighted by Gasteiger charge is 2.43. The molecule has 4 rings (SSSR count). The summed E-state index contributed by atoms with van der Waals surface area (Å²) < 4.78 is 68.2. The minimum atomic E-state index is -3.72. The van der Waals surface area contributed by atoms with Crippen molar-refractivity contribution >= 4 is 15.7 Å². The lowest BCUT2D eigenvalue weighted by molar-refractivity contribution is -0.138. The van der Waals surface area contributed by atoms with Crippen LogP contribution in [0.1, 0.15) is 47.8 Å². The molecule has 0 radical (unpaired) electrons. The molecule has 190 valence electrons. The molecule has 3 N–H and O–H groups in total. The van der Waals surface area contributed by atoms with Crippen LogP contribution in [0.5, 0.6) is 0 Å². The zero-order valence-electron chi connectivity index (χ0n) is 19.5. The van der Waals surface area contributed by atoms with Crippen LogP contribution in [-0.4, -0.2) is 51.5 Å². The molecule has 2 fully saturated rings. The van der Waals surface area contributed by atoms with Gasteiger partial charge in [0.2, 0.25) is 0 Å². The lowest BCUT2D eigenvalue weighted by atomic mass is 9.99. The van der Waals surface area contributed by atoms with Gasteiger partial charge in [-0.15, -0.1) is 0 Å². The summed E-state index contributed by atoms with van der Waals surface area (Å²) in [4.78, 5) is 12.0. The van der Waals surface area contributed by atoms with Gasteiger partial charge in [-0.1, -0.05) is 30.3 Å². The van der Waals surface area contributed by atoms with Gasteiger partial charge >= 0.3 is 0 Å². The molecule has 1 amide bonds. The van der Waals surface area contributed by atoms with Gasteiger partial charge in [0.15, 0.2) is 15.9 Å². The molecule has 2 aliphatic heterocycles. The average molecular weight is 509 g/mol. The Morgan fingerprint density at radius 2 is 1.86 bits per heavy atom. The van der Waals surface area contributed by atoms with Gasteiger partial charge < -0.3 is 20.5 Å². The quantitative estimate of drug-likeness (QED) is 0.596. The van der Waals surface area contributed by atoms with E-state index in [1.165, 1.54) is 0 Å². The summed E-state index contributed by atoms with van der Waals surface area (Å²) in [5, 5.41) is 1.44. The van der Waals surface area contributed by atoms with Gasteiger partial charge in [0.05, 0.1) is 16.6 Å². The fourth-order valence-corrected chi connectivity index (χ4v) is 7.14. The van der Waals surface area contributed by atoms with E-state index in [2.05, 4.69) is 5.32 Å². The fraction of sp³-hybridized carbons (Fsp3) is 0.480. The molecule has 35 heavy (non-hydrogen) atoms. The van der Waals surface area contributed by atoms with Crippen molar-refractivity contribution in [2.45, 2.75) is 54.9 Å². The van der Waals surface area contributed by atoms with Crippen molar-refractivity contribution in [1.82, 2.24) is 5.32 Å². The van der Waals surface area contributed by atoms with Crippen LogP contribution in [0.15, 0.2) is 42.5 Å². The van der Waals surface area contributed by atoms with Crippen LogP contribution in [0.4, 0.5) is 8.78 Å². The van der Waals surface area contributed by atoms with E-state index in [4.69, 9.17) is 15.2 Å². The van der Waals surface area contributed by atoms with Crippen LogP contribution < -0.4 is 11.1 Å². The first-order chi connectivity index (χ1) is 16.7. The van der Waals surface area contributed by atoms with Crippen LogP contribution in [0.3, 0.4) is 0 Å². The third-order valence-corrected chi connectivity index (χ3v) is 9.45. The number of nitrogens with one attached hydrogen (secondary N) is 1. The molecule has 2 heterocycles. The Morgan fingerprint density at radius 1 is 1.17 bits per heavy atom. The normalized spacial score (nSPS) is 25.7. The van der Waals surface area contributed by atoms with Crippen LogP contribution in [0.2, 0.25) is 0 Å². The van der Waals surface area contributed by atoms with E-state index in [-0.39, 0.29) is 30.2 Å². The van der Waals surface area contributed by atoms with Crippen LogP contribution in [0.25, 0.3) is 0 Å². The van der Waals surface area contributed by atoms with Gasteiger partial charge in [0, 0.05) is 31.4 Å². The van der Waals surface area contributed by atoms with E-state index in [1.807, 2.05) is 0 Å². The van der Waals surface area contributed by atoms with Crippen molar-refractivity contribution in [2.24, 2.45) is 5.73 Å². The monoisotopic (exact) mass is 508 g/mol. The van der Waals surface area contributed by atoms with Crippen molar-refractivity contribution in [3.8, 4) is 0 Å². The Kier molecular flexibility index (Phi) is 7.85. The summed E-state index contributed by atoms with van der Waals surface area (Å²) in [6.07, 6.45) is -1.01. The first-order valence-electron chi connectivity index (χ1n) is 11.7. The molecule has 1 unspecified atom stereocenters. The number of carbonyl (C=O) groups excluding carboxylic acids is 1. The predicted octanol–water partition coefficient (Wildman–Crippen LogP) is 2.75. The Bertz CT molecular complexity index is 1160. The van der Waals surface area contributed by atoms with Crippen molar-refractivity contribution in [3.05, 3.63) is 70.8 Å². The number of hydrogen-bond donors (Lipinski definition) is 2. The smallest absolute Gasteiger partial charge is 0.251 e.